The monoisotopic (exact) mass is 551 g/mol. The van der Waals surface area contributed by atoms with Crippen LogP contribution in [0.15, 0.2) is 39.3 Å². The van der Waals surface area contributed by atoms with Gasteiger partial charge in [0, 0.05) is 17.2 Å². The molecule has 0 bridgehead atoms. The molecule has 2 aromatic rings. The molecule has 162 valence electrons. The first kappa shape index (κ1) is 24.4. The van der Waals surface area contributed by atoms with E-state index in [0.717, 1.165) is 0 Å². The van der Waals surface area contributed by atoms with E-state index >= 15 is 0 Å². The number of nitrogens with zero attached hydrogens (tertiary/aromatic N) is 1. The van der Waals surface area contributed by atoms with E-state index < -0.39 is 18.4 Å². The van der Waals surface area contributed by atoms with Crippen LogP contribution >= 0.6 is 31.9 Å². The van der Waals surface area contributed by atoms with E-state index in [9.17, 15) is 19.6 Å². The molecule has 31 heavy (non-hydrogen) atoms. The maximum atomic E-state index is 12.1. The number of rotatable bonds is 8. The summed E-state index contributed by atoms with van der Waals surface area (Å²) in [6.07, 6.45) is 0. The number of nitriles is 1. The first-order valence-corrected chi connectivity index (χ1v) is 10.7. The highest BCUT2D eigenvalue weighted by Crippen LogP contribution is 2.35. The van der Waals surface area contributed by atoms with E-state index in [1.807, 2.05) is 0 Å². The molecule has 2 amide bonds. The highest BCUT2D eigenvalue weighted by molar-refractivity contribution is 9.11. The highest BCUT2D eigenvalue weighted by Gasteiger charge is 2.15. The maximum Gasteiger partial charge on any atom is 0.322 e. The summed E-state index contributed by atoms with van der Waals surface area (Å²) in [5, 5.41) is 23.0. The van der Waals surface area contributed by atoms with Gasteiger partial charge in [0.05, 0.1) is 20.6 Å². The third kappa shape index (κ3) is 7.08. The van der Waals surface area contributed by atoms with Crippen molar-refractivity contribution in [1.82, 2.24) is 5.32 Å². The van der Waals surface area contributed by atoms with Crippen LogP contribution < -0.4 is 15.4 Å². The molecule has 0 saturated carbocycles. The lowest BCUT2D eigenvalue weighted by atomic mass is 10.1. The number of hydrogen-bond donors (Lipinski definition) is 3. The van der Waals surface area contributed by atoms with Crippen LogP contribution in [0.25, 0.3) is 0 Å². The summed E-state index contributed by atoms with van der Waals surface area (Å²) in [6, 6.07) is 10.0. The SMILES string of the molecule is CC(C)C(=O)Nc1cc(C#N)cc(COc2c(Br)cc(C(=O)NCC(=O)O)cc2Br)c1. The van der Waals surface area contributed by atoms with E-state index in [-0.39, 0.29) is 24.0 Å². The Balaban J connectivity index is 2.19. The Hall–Kier alpha value is -2.90. The Morgan fingerprint density at radius 3 is 2.32 bits per heavy atom. The van der Waals surface area contributed by atoms with Crippen molar-refractivity contribution in [3.05, 3.63) is 56.0 Å². The number of carbonyl (C=O) groups is 3. The number of carbonyl (C=O) groups excluding carboxylic acids is 2. The van der Waals surface area contributed by atoms with Gasteiger partial charge in [0.2, 0.25) is 5.91 Å². The summed E-state index contributed by atoms with van der Waals surface area (Å²) in [5.41, 5.74) is 1.79. The van der Waals surface area contributed by atoms with E-state index in [1.54, 1.807) is 32.0 Å². The molecular weight excluding hydrogens is 534 g/mol. The number of aliphatic carboxylic acids is 1. The van der Waals surface area contributed by atoms with E-state index in [0.29, 0.717) is 31.5 Å². The Kier molecular flexibility index (Phi) is 8.59. The number of benzene rings is 2. The minimum atomic E-state index is -1.14. The van der Waals surface area contributed by atoms with Gasteiger partial charge in [-0.2, -0.15) is 5.26 Å². The zero-order valence-electron chi connectivity index (χ0n) is 16.7. The zero-order valence-corrected chi connectivity index (χ0v) is 19.8. The fraction of sp³-hybridized carbons (Fsp3) is 0.238. The summed E-state index contributed by atoms with van der Waals surface area (Å²) in [7, 11) is 0. The average molecular weight is 553 g/mol. The van der Waals surface area contributed by atoms with Crippen LogP contribution in [-0.2, 0) is 16.2 Å². The molecule has 0 heterocycles. The zero-order chi connectivity index (χ0) is 23.1. The Morgan fingerprint density at radius 2 is 1.77 bits per heavy atom. The maximum absolute atomic E-state index is 12.1. The molecule has 0 aliphatic heterocycles. The standard InChI is InChI=1S/C21H19Br2N3O5/c1-11(2)20(29)26-15-4-12(8-24)3-13(5-15)10-31-19-16(22)6-14(7-17(19)23)21(30)25-9-18(27)28/h3-7,11H,9-10H2,1-2H3,(H,25,30)(H,26,29)(H,27,28). The molecule has 0 fully saturated rings. The van der Waals surface area contributed by atoms with Gasteiger partial charge in [-0.05, 0) is 67.8 Å². The Bertz CT molecular complexity index is 1040. The molecular formula is C21H19Br2N3O5. The predicted octanol–water partition coefficient (Wildman–Crippen LogP) is 4.07. The lowest BCUT2D eigenvalue weighted by Crippen LogP contribution is -2.29. The molecule has 0 unspecified atom stereocenters. The number of nitrogens with one attached hydrogen (secondary N) is 2. The van der Waals surface area contributed by atoms with Crippen LogP contribution in [0, 0.1) is 17.2 Å². The number of amides is 2. The summed E-state index contributed by atoms with van der Waals surface area (Å²) >= 11 is 6.70. The van der Waals surface area contributed by atoms with Gasteiger partial charge in [0.25, 0.3) is 5.91 Å². The molecule has 2 rings (SSSR count). The van der Waals surface area contributed by atoms with Crippen LogP contribution in [-0.4, -0.2) is 29.4 Å². The molecule has 10 heteroatoms. The molecule has 0 atom stereocenters. The number of halogens is 2. The molecule has 0 aliphatic rings. The third-order valence-electron chi connectivity index (χ3n) is 3.96. The molecule has 0 aromatic heterocycles. The molecule has 0 spiro atoms. The van der Waals surface area contributed by atoms with Crippen molar-refractivity contribution >= 4 is 55.3 Å². The van der Waals surface area contributed by atoms with Crippen LogP contribution in [0.1, 0.15) is 35.3 Å². The molecule has 3 N–H and O–H groups in total. The summed E-state index contributed by atoms with van der Waals surface area (Å²) in [5.74, 6) is -1.63. The van der Waals surface area contributed by atoms with Gasteiger partial charge in [0.1, 0.15) is 18.9 Å². The van der Waals surface area contributed by atoms with Crippen molar-refractivity contribution in [3.63, 3.8) is 0 Å². The van der Waals surface area contributed by atoms with Crippen molar-refractivity contribution in [2.45, 2.75) is 20.5 Å². The smallest absolute Gasteiger partial charge is 0.322 e. The topological polar surface area (TPSA) is 129 Å². The molecule has 0 saturated heterocycles. The van der Waals surface area contributed by atoms with Gasteiger partial charge in [-0.3, -0.25) is 14.4 Å². The third-order valence-corrected chi connectivity index (χ3v) is 5.14. The second kappa shape index (κ2) is 10.9. The van der Waals surface area contributed by atoms with Gasteiger partial charge in [-0.25, -0.2) is 0 Å². The number of carboxylic acids is 1. The van der Waals surface area contributed by atoms with Gasteiger partial charge in [-0.15, -0.1) is 0 Å². The lowest BCUT2D eigenvalue weighted by molar-refractivity contribution is -0.135. The Morgan fingerprint density at radius 1 is 1.13 bits per heavy atom. The van der Waals surface area contributed by atoms with Crippen LogP contribution in [0.3, 0.4) is 0 Å². The van der Waals surface area contributed by atoms with E-state index in [1.165, 1.54) is 12.1 Å². The van der Waals surface area contributed by atoms with Crippen molar-refractivity contribution < 1.29 is 24.2 Å². The van der Waals surface area contributed by atoms with Crippen LogP contribution in [0.4, 0.5) is 5.69 Å². The highest BCUT2D eigenvalue weighted by atomic mass is 79.9. The largest absolute Gasteiger partial charge is 0.487 e. The molecule has 0 radical (unpaired) electrons. The number of ether oxygens (including phenoxy) is 1. The minimum absolute atomic E-state index is 0.0990. The Labute approximate surface area is 195 Å². The van der Waals surface area contributed by atoms with Gasteiger partial charge < -0.3 is 20.5 Å². The normalized spacial score (nSPS) is 10.3. The second-order valence-corrected chi connectivity index (χ2v) is 8.52. The van der Waals surface area contributed by atoms with Gasteiger partial charge in [-0.1, -0.05) is 13.8 Å². The predicted molar refractivity (Wildman–Crippen MR) is 121 cm³/mol. The van der Waals surface area contributed by atoms with Gasteiger partial charge in [0.15, 0.2) is 0 Å². The van der Waals surface area contributed by atoms with Crippen LogP contribution in [0.5, 0.6) is 5.75 Å². The van der Waals surface area contributed by atoms with E-state index in [4.69, 9.17) is 9.84 Å². The van der Waals surface area contributed by atoms with Crippen LogP contribution in [0.2, 0.25) is 0 Å². The first-order valence-electron chi connectivity index (χ1n) is 9.07. The summed E-state index contributed by atoms with van der Waals surface area (Å²) in [4.78, 5) is 34.6. The van der Waals surface area contributed by atoms with Crippen molar-refractivity contribution in [3.8, 4) is 11.8 Å². The van der Waals surface area contributed by atoms with E-state index in [2.05, 4.69) is 48.6 Å². The molecule has 0 aliphatic carbocycles. The minimum Gasteiger partial charge on any atom is -0.487 e. The summed E-state index contributed by atoms with van der Waals surface area (Å²) < 4.78 is 6.81. The lowest BCUT2D eigenvalue weighted by Gasteiger charge is -2.14. The molecule has 2 aromatic carbocycles. The quantitative estimate of drug-likeness (QED) is 0.453. The number of hydrogen-bond acceptors (Lipinski definition) is 5. The molecule has 8 nitrogen and oxygen atoms in total. The van der Waals surface area contributed by atoms with Gasteiger partial charge >= 0.3 is 5.97 Å². The van der Waals surface area contributed by atoms with Crippen molar-refractivity contribution in [2.75, 3.05) is 11.9 Å². The average Bonchev–Trinajstić information content (AvgIpc) is 2.70. The number of anilines is 1. The fourth-order valence-electron chi connectivity index (χ4n) is 2.44. The fourth-order valence-corrected chi connectivity index (χ4v) is 3.86. The summed E-state index contributed by atoms with van der Waals surface area (Å²) in [6.45, 7) is 3.15. The number of carboxylic acid groups (broad SMARTS) is 1. The first-order chi connectivity index (χ1) is 14.6. The second-order valence-electron chi connectivity index (χ2n) is 6.81. The van der Waals surface area contributed by atoms with Crippen molar-refractivity contribution in [1.29, 1.82) is 5.26 Å². The van der Waals surface area contributed by atoms with Crippen molar-refractivity contribution in [2.24, 2.45) is 5.92 Å².